The normalized spacial score (nSPS) is 11.9. The highest BCUT2D eigenvalue weighted by molar-refractivity contribution is 7.26. The molecule has 51 heavy (non-hydrogen) atoms. The van der Waals surface area contributed by atoms with E-state index >= 15 is 0 Å². The lowest BCUT2D eigenvalue weighted by atomic mass is 9.98. The topological polar surface area (TPSA) is 38.7 Å². The van der Waals surface area contributed by atoms with Crippen LogP contribution in [0.15, 0.2) is 152 Å². The van der Waals surface area contributed by atoms with Gasteiger partial charge in [0.2, 0.25) is 0 Å². The molecule has 0 fully saturated rings. The Morgan fingerprint density at radius 3 is 1.43 bits per heavy atom. The maximum Gasteiger partial charge on any atom is 0.164 e. The third-order valence-electron chi connectivity index (χ3n) is 9.77. The highest BCUT2D eigenvalue weighted by Crippen LogP contribution is 2.42. The van der Waals surface area contributed by atoms with Crippen molar-refractivity contribution in [3.05, 3.63) is 152 Å². The molecule has 0 aliphatic carbocycles. The molecule has 11 rings (SSSR count). The molecule has 0 atom stereocenters. The minimum Gasteiger partial charge on any atom is -0.208 e. The SMILES string of the molecule is c1ccc2c(c1)sc1cc(-c3nc(-c4ccc(-c5cccc6sc7ccccc7c56)cc4)nc(-c4cccc5sc6ccccc6c45)n3)ccc12. The fourth-order valence-electron chi connectivity index (χ4n) is 7.39. The van der Waals surface area contributed by atoms with Crippen LogP contribution in [0.25, 0.3) is 106 Å². The molecule has 0 unspecified atom stereocenters. The lowest BCUT2D eigenvalue weighted by Gasteiger charge is -2.11. The molecule has 7 aromatic carbocycles. The second-order valence-corrected chi connectivity index (χ2v) is 16.0. The lowest BCUT2D eigenvalue weighted by molar-refractivity contribution is 1.08. The van der Waals surface area contributed by atoms with Crippen molar-refractivity contribution < 1.29 is 0 Å². The van der Waals surface area contributed by atoms with E-state index in [1.165, 1.54) is 71.6 Å². The number of aromatic nitrogens is 3. The Morgan fingerprint density at radius 2 is 0.745 bits per heavy atom. The van der Waals surface area contributed by atoms with Crippen LogP contribution in [-0.2, 0) is 0 Å². The average Bonchev–Trinajstić information content (AvgIpc) is 3.88. The molecule has 4 aromatic heterocycles. The van der Waals surface area contributed by atoms with E-state index in [0.29, 0.717) is 17.5 Å². The van der Waals surface area contributed by atoms with E-state index in [4.69, 9.17) is 15.0 Å². The summed E-state index contributed by atoms with van der Waals surface area (Å²) in [6, 6.07) is 54.3. The first kappa shape index (κ1) is 29.0. The minimum atomic E-state index is 0.661. The Kier molecular flexibility index (Phi) is 6.46. The molecule has 0 radical (unpaired) electrons. The van der Waals surface area contributed by atoms with Crippen molar-refractivity contribution in [2.45, 2.75) is 0 Å². The van der Waals surface area contributed by atoms with E-state index < -0.39 is 0 Å². The van der Waals surface area contributed by atoms with Crippen LogP contribution in [0.2, 0.25) is 0 Å². The number of thiophene rings is 3. The Balaban J connectivity index is 1.10. The van der Waals surface area contributed by atoms with Gasteiger partial charge in [0.15, 0.2) is 17.5 Å². The Hall–Kier alpha value is -5.79. The molecule has 0 aliphatic heterocycles. The van der Waals surface area contributed by atoms with Gasteiger partial charge in [0, 0.05) is 77.2 Å². The fraction of sp³-hybridized carbons (Fsp3) is 0. The van der Waals surface area contributed by atoms with Crippen LogP contribution in [0, 0.1) is 0 Å². The largest absolute Gasteiger partial charge is 0.208 e. The van der Waals surface area contributed by atoms with E-state index in [-0.39, 0.29) is 0 Å². The molecule has 0 bridgehead atoms. The molecular formula is C45H25N3S3. The van der Waals surface area contributed by atoms with E-state index in [9.17, 15) is 0 Å². The molecule has 0 N–H and O–H groups in total. The number of fused-ring (bicyclic) bond motifs is 9. The second kappa shape index (κ2) is 11.4. The van der Waals surface area contributed by atoms with Gasteiger partial charge < -0.3 is 0 Å². The smallest absolute Gasteiger partial charge is 0.164 e. The van der Waals surface area contributed by atoms with Gasteiger partial charge in [-0.2, -0.15) is 0 Å². The molecule has 0 saturated carbocycles. The summed E-state index contributed by atoms with van der Waals surface area (Å²) in [4.78, 5) is 15.6. The number of nitrogens with zero attached hydrogens (tertiary/aromatic N) is 3. The zero-order valence-electron chi connectivity index (χ0n) is 27.0. The fourth-order valence-corrected chi connectivity index (χ4v) is 10.8. The second-order valence-electron chi connectivity index (χ2n) is 12.7. The molecule has 6 heteroatoms. The van der Waals surface area contributed by atoms with Crippen molar-refractivity contribution in [2.24, 2.45) is 0 Å². The molecule has 0 spiro atoms. The van der Waals surface area contributed by atoms with Gasteiger partial charge in [0.25, 0.3) is 0 Å². The van der Waals surface area contributed by atoms with Crippen molar-refractivity contribution >= 4 is 94.5 Å². The summed E-state index contributed by atoms with van der Waals surface area (Å²) < 4.78 is 7.60. The average molecular weight is 704 g/mol. The lowest BCUT2D eigenvalue weighted by Crippen LogP contribution is -2.00. The van der Waals surface area contributed by atoms with E-state index in [1.807, 2.05) is 34.0 Å². The van der Waals surface area contributed by atoms with E-state index in [1.54, 1.807) is 0 Å². The maximum absolute atomic E-state index is 5.21. The van der Waals surface area contributed by atoms with Gasteiger partial charge in [-0.3, -0.25) is 0 Å². The Labute approximate surface area is 304 Å². The van der Waals surface area contributed by atoms with Crippen molar-refractivity contribution in [1.82, 2.24) is 15.0 Å². The van der Waals surface area contributed by atoms with Crippen LogP contribution in [0.3, 0.4) is 0 Å². The predicted molar refractivity (Wildman–Crippen MR) is 220 cm³/mol. The molecular weight excluding hydrogens is 679 g/mol. The molecule has 4 heterocycles. The highest BCUT2D eigenvalue weighted by atomic mass is 32.1. The van der Waals surface area contributed by atoms with Gasteiger partial charge in [-0.05, 0) is 47.5 Å². The van der Waals surface area contributed by atoms with Gasteiger partial charge in [0.05, 0.1) is 0 Å². The maximum atomic E-state index is 5.21. The summed E-state index contributed by atoms with van der Waals surface area (Å²) in [5, 5.41) is 7.56. The van der Waals surface area contributed by atoms with E-state index in [2.05, 4.69) is 152 Å². The first-order valence-electron chi connectivity index (χ1n) is 16.8. The first-order valence-corrected chi connectivity index (χ1v) is 19.3. The Bertz CT molecular complexity index is 3150. The van der Waals surface area contributed by atoms with Crippen molar-refractivity contribution in [3.63, 3.8) is 0 Å². The Morgan fingerprint density at radius 1 is 0.294 bits per heavy atom. The first-order chi connectivity index (χ1) is 25.2. The van der Waals surface area contributed by atoms with Crippen LogP contribution in [-0.4, -0.2) is 15.0 Å². The molecule has 0 aliphatic rings. The molecule has 0 amide bonds. The minimum absolute atomic E-state index is 0.661. The van der Waals surface area contributed by atoms with Crippen LogP contribution in [0.4, 0.5) is 0 Å². The summed E-state index contributed by atoms with van der Waals surface area (Å²) in [7, 11) is 0. The number of hydrogen-bond donors (Lipinski definition) is 0. The standard InChI is InChI=1S/C45H25N3S3/c1-4-14-35-30(9-1)31-24-23-28(25-40(31)51-35)44-46-43(47-45(48-44)34-13-8-18-39-42(34)33-11-3-6-16-37(33)50-39)27-21-19-26(20-22-27)29-12-7-17-38-41(29)32-10-2-5-15-36(32)49-38/h1-25H. The third-order valence-corrected chi connectivity index (χ3v) is 13.2. The number of rotatable bonds is 4. The van der Waals surface area contributed by atoms with Crippen LogP contribution in [0.1, 0.15) is 0 Å². The monoisotopic (exact) mass is 703 g/mol. The van der Waals surface area contributed by atoms with Crippen molar-refractivity contribution in [1.29, 1.82) is 0 Å². The summed E-state index contributed by atoms with van der Waals surface area (Å²) in [6.45, 7) is 0. The van der Waals surface area contributed by atoms with Gasteiger partial charge >= 0.3 is 0 Å². The summed E-state index contributed by atoms with van der Waals surface area (Å²) in [5.41, 5.74) is 5.36. The van der Waals surface area contributed by atoms with Crippen LogP contribution < -0.4 is 0 Å². The molecule has 11 aromatic rings. The third kappa shape index (κ3) is 4.65. The predicted octanol–water partition coefficient (Wildman–Crippen LogP) is 13.6. The zero-order valence-corrected chi connectivity index (χ0v) is 29.4. The highest BCUT2D eigenvalue weighted by Gasteiger charge is 2.18. The van der Waals surface area contributed by atoms with E-state index in [0.717, 1.165) is 16.7 Å². The number of hydrogen-bond acceptors (Lipinski definition) is 6. The van der Waals surface area contributed by atoms with Crippen LogP contribution >= 0.6 is 34.0 Å². The van der Waals surface area contributed by atoms with Gasteiger partial charge in [-0.25, -0.2) is 15.0 Å². The molecule has 238 valence electrons. The molecule has 0 saturated heterocycles. The zero-order chi connectivity index (χ0) is 33.5. The van der Waals surface area contributed by atoms with Gasteiger partial charge in [-0.1, -0.05) is 115 Å². The summed E-state index contributed by atoms with van der Waals surface area (Å²) in [6.07, 6.45) is 0. The van der Waals surface area contributed by atoms with Gasteiger partial charge in [0.1, 0.15) is 0 Å². The molecule has 3 nitrogen and oxygen atoms in total. The van der Waals surface area contributed by atoms with Crippen LogP contribution in [0.5, 0.6) is 0 Å². The summed E-state index contributed by atoms with van der Waals surface area (Å²) >= 11 is 5.46. The summed E-state index contributed by atoms with van der Waals surface area (Å²) in [5.74, 6) is 2.01. The quantitative estimate of drug-likeness (QED) is 0.183. The van der Waals surface area contributed by atoms with Gasteiger partial charge in [-0.15, -0.1) is 34.0 Å². The number of benzene rings is 7. The van der Waals surface area contributed by atoms with Crippen molar-refractivity contribution in [2.75, 3.05) is 0 Å². The van der Waals surface area contributed by atoms with Crippen molar-refractivity contribution in [3.8, 4) is 45.3 Å².